The fourth-order valence-corrected chi connectivity index (χ4v) is 0.849. The maximum absolute atomic E-state index is 5.19. The van der Waals surface area contributed by atoms with Crippen molar-refractivity contribution < 1.29 is 19.2 Å². The van der Waals surface area contributed by atoms with E-state index < -0.39 is 0 Å². The summed E-state index contributed by atoms with van der Waals surface area (Å²) in [7, 11) is 0. The molecular weight excluding hydrogens is 160 g/mol. The Morgan fingerprint density at radius 2 is 2.33 bits per heavy atom. The first-order chi connectivity index (χ1) is 5.93. The van der Waals surface area contributed by atoms with Gasteiger partial charge in [-0.25, -0.2) is 9.78 Å². The van der Waals surface area contributed by atoms with E-state index in [2.05, 4.69) is 6.92 Å². The predicted octanol–water partition coefficient (Wildman–Crippen LogP) is 1.11. The van der Waals surface area contributed by atoms with Crippen LogP contribution in [0, 0.1) is 0 Å². The van der Waals surface area contributed by atoms with Gasteiger partial charge in [-0.1, -0.05) is 13.3 Å². The van der Waals surface area contributed by atoms with Crippen molar-refractivity contribution in [2.75, 3.05) is 26.4 Å². The van der Waals surface area contributed by atoms with E-state index in [0.717, 1.165) is 12.8 Å². The molecule has 0 amide bonds. The minimum atomic E-state index is -0.337. The van der Waals surface area contributed by atoms with Gasteiger partial charge in [0.15, 0.2) is 0 Å². The molecule has 0 N–H and O–H groups in total. The first kappa shape index (κ1) is 9.92. The number of hydrogen-bond acceptors (Lipinski definition) is 4. The Balaban J connectivity index is 1.91. The normalized spacial score (nSPS) is 24.2. The van der Waals surface area contributed by atoms with Gasteiger partial charge in [-0.05, 0) is 6.42 Å². The second-order valence-corrected chi connectivity index (χ2v) is 2.65. The topological polar surface area (TPSA) is 36.9 Å². The van der Waals surface area contributed by atoms with Crippen molar-refractivity contribution in [3.05, 3.63) is 0 Å². The lowest BCUT2D eigenvalue weighted by Gasteiger charge is -2.21. The summed E-state index contributed by atoms with van der Waals surface area (Å²) >= 11 is 0. The second-order valence-electron chi connectivity index (χ2n) is 2.65. The van der Waals surface area contributed by atoms with Gasteiger partial charge in [-0.15, -0.1) is 0 Å². The molecule has 1 saturated heterocycles. The van der Waals surface area contributed by atoms with Crippen LogP contribution in [0.5, 0.6) is 0 Å². The van der Waals surface area contributed by atoms with E-state index in [1.807, 2.05) is 0 Å². The third-order valence-corrected chi connectivity index (χ3v) is 1.54. The molecule has 0 radical (unpaired) electrons. The van der Waals surface area contributed by atoms with Gasteiger partial charge in [0.05, 0.1) is 19.8 Å². The summed E-state index contributed by atoms with van der Waals surface area (Å²) in [5.74, 6) is 0. The molecule has 0 aromatic rings. The first-order valence-corrected chi connectivity index (χ1v) is 4.41. The summed E-state index contributed by atoms with van der Waals surface area (Å²) in [6, 6.07) is 0. The molecule has 0 bridgehead atoms. The van der Waals surface area contributed by atoms with E-state index >= 15 is 0 Å². The second kappa shape index (κ2) is 6.37. The quantitative estimate of drug-likeness (QED) is 0.357. The number of ether oxygens (including phenoxy) is 2. The standard InChI is InChI=1S/C8H16O4/c1-2-3-4-11-12-8-7-9-5-6-10-8/h8H,2-7H2,1H3. The minimum absolute atomic E-state index is 0.337. The van der Waals surface area contributed by atoms with Crippen LogP contribution in [0.1, 0.15) is 19.8 Å². The van der Waals surface area contributed by atoms with Crippen LogP contribution in [0.3, 0.4) is 0 Å². The molecule has 4 nitrogen and oxygen atoms in total. The van der Waals surface area contributed by atoms with Gasteiger partial charge in [0.2, 0.25) is 6.29 Å². The molecule has 12 heavy (non-hydrogen) atoms. The average molecular weight is 176 g/mol. The molecule has 4 heteroatoms. The smallest absolute Gasteiger partial charge is 0.214 e. The Kier molecular flexibility index (Phi) is 5.27. The van der Waals surface area contributed by atoms with Crippen molar-refractivity contribution in [3.8, 4) is 0 Å². The summed E-state index contributed by atoms with van der Waals surface area (Å²) in [6.45, 7) is 4.42. The molecule has 0 aliphatic carbocycles. The van der Waals surface area contributed by atoms with Gasteiger partial charge >= 0.3 is 0 Å². The zero-order valence-corrected chi connectivity index (χ0v) is 7.45. The lowest BCUT2D eigenvalue weighted by atomic mass is 10.4. The molecule has 1 unspecified atom stereocenters. The zero-order chi connectivity index (χ0) is 8.65. The Hall–Kier alpha value is -0.160. The minimum Gasteiger partial charge on any atom is -0.374 e. The van der Waals surface area contributed by atoms with E-state index in [9.17, 15) is 0 Å². The van der Waals surface area contributed by atoms with Gasteiger partial charge < -0.3 is 9.47 Å². The van der Waals surface area contributed by atoms with E-state index in [1.165, 1.54) is 0 Å². The highest BCUT2D eigenvalue weighted by molar-refractivity contribution is 4.45. The van der Waals surface area contributed by atoms with Crippen molar-refractivity contribution in [1.82, 2.24) is 0 Å². The number of rotatable bonds is 5. The van der Waals surface area contributed by atoms with E-state index in [-0.39, 0.29) is 6.29 Å². The fraction of sp³-hybridized carbons (Fsp3) is 1.00. The van der Waals surface area contributed by atoms with Crippen molar-refractivity contribution in [1.29, 1.82) is 0 Å². The summed E-state index contributed by atoms with van der Waals surface area (Å²) in [6.07, 6.45) is 1.77. The lowest BCUT2D eigenvalue weighted by molar-refractivity contribution is -0.395. The highest BCUT2D eigenvalue weighted by atomic mass is 17.2. The molecule has 1 atom stereocenters. The Morgan fingerprint density at radius 1 is 1.42 bits per heavy atom. The summed E-state index contributed by atoms with van der Waals surface area (Å²) in [4.78, 5) is 9.85. The van der Waals surface area contributed by atoms with Crippen LogP contribution < -0.4 is 0 Å². The van der Waals surface area contributed by atoms with Crippen molar-refractivity contribution in [3.63, 3.8) is 0 Å². The number of hydrogen-bond donors (Lipinski definition) is 0. The molecule has 72 valence electrons. The zero-order valence-electron chi connectivity index (χ0n) is 7.45. The largest absolute Gasteiger partial charge is 0.374 e. The fourth-order valence-electron chi connectivity index (χ4n) is 0.849. The van der Waals surface area contributed by atoms with Crippen molar-refractivity contribution in [2.24, 2.45) is 0 Å². The van der Waals surface area contributed by atoms with Crippen molar-refractivity contribution in [2.45, 2.75) is 26.1 Å². The summed E-state index contributed by atoms with van der Waals surface area (Å²) < 4.78 is 10.3. The van der Waals surface area contributed by atoms with Crippen LogP contribution in [-0.2, 0) is 19.2 Å². The van der Waals surface area contributed by atoms with E-state index in [1.54, 1.807) is 0 Å². The Labute approximate surface area is 72.7 Å². The SMILES string of the molecule is CCCCOOC1COCCO1. The van der Waals surface area contributed by atoms with Crippen LogP contribution in [-0.4, -0.2) is 32.7 Å². The molecule has 1 fully saturated rings. The molecule has 0 saturated carbocycles. The van der Waals surface area contributed by atoms with Gasteiger partial charge in [-0.2, -0.15) is 0 Å². The average Bonchev–Trinajstić information content (AvgIpc) is 2.14. The maximum Gasteiger partial charge on any atom is 0.214 e. The molecule has 1 aliphatic heterocycles. The van der Waals surface area contributed by atoms with Gasteiger partial charge in [0.25, 0.3) is 0 Å². The van der Waals surface area contributed by atoms with E-state index in [0.29, 0.717) is 26.4 Å². The number of unbranched alkanes of at least 4 members (excludes halogenated alkanes) is 1. The monoisotopic (exact) mass is 176 g/mol. The molecule has 1 rings (SSSR count). The van der Waals surface area contributed by atoms with Gasteiger partial charge in [0, 0.05) is 0 Å². The van der Waals surface area contributed by atoms with Crippen LogP contribution in [0.25, 0.3) is 0 Å². The molecule has 0 aromatic heterocycles. The molecule has 1 aliphatic rings. The van der Waals surface area contributed by atoms with Gasteiger partial charge in [0.1, 0.15) is 6.61 Å². The Morgan fingerprint density at radius 3 is 3.00 bits per heavy atom. The third kappa shape index (κ3) is 4.01. The van der Waals surface area contributed by atoms with Gasteiger partial charge in [-0.3, -0.25) is 0 Å². The lowest BCUT2D eigenvalue weighted by Crippen LogP contribution is -2.31. The van der Waals surface area contributed by atoms with Crippen LogP contribution >= 0.6 is 0 Å². The molecule has 1 heterocycles. The molecule has 0 aromatic carbocycles. The molecular formula is C8H16O4. The first-order valence-electron chi connectivity index (χ1n) is 4.41. The van der Waals surface area contributed by atoms with Crippen LogP contribution in [0.4, 0.5) is 0 Å². The summed E-state index contributed by atoms with van der Waals surface area (Å²) in [5.41, 5.74) is 0. The predicted molar refractivity (Wildman–Crippen MR) is 42.5 cm³/mol. The van der Waals surface area contributed by atoms with Crippen LogP contribution in [0.2, 0.25) is 0 Å². The van der Waals surface area contributed by atoms with E-state index in [4.69, 9.17) is 19.2 Å². The third-order valence-electron chi connectivity index (χ3n) is 1.54. The molecule has 0 spiro atoms. The maximum atomic E-state index is 5.19. The van der Waals surface area contributed by atoms with Crippen molar-refractivity contribution >= 4 is 0 Å². The highest BCUT2D eigenvalue weighted by Crippen LogP contribution is 2.03. The Bertz CT molecular complexity index is 101. The van der Waals surface area contributed by atoms with Crippen LogP contribution in [0.15, 0.2) is 0 Å². The summed E-state index contributed by atoms with van der Waals surface area (Å²) in [5, 5.41) is 0. The highest BCUT2D eigenvalue weighted by Gasteiger charge is 2.14.